The highest BCUT2D eigenvalue weighted by Crippen LogP contribution is 2.38. The molecule has 1 N–H and O–H groups in total. The highest BCUT2D eigenvalue weighted by atomic mass is 16.6. The summed E-state index contributed by atoms with van der Waals surface area (Å²) in [5.74, 6) is 0. The third-order valence-electron chi connectivity index (χ3n) is 5.91. The second-order valence-corrected chi connectivity index (χ2v) is 9.40. The molecular formula is C28H32N2O2. The van der Waals surface area contributed by atoms with Crippen LogP contribution < -0.4 is 5.32 Å². The number of fused-ring (bicyclic) bond motifs is 2. The van der Waals surface area contributed by atoms with Crippen molar-refractivity contribution in [3.05, 3.63) is 88.6 Å². The van der Waals surface area contributed by atoms with Crippen molar-refractivity contribution in [2.45, 2.75) is 39.2 Å². The van der Waals surface area contributed by atoms with E-state index in [1.807, 2.05) is 20.8 Å². The molecule has 0 aromatic heterocycles. The van der Waals surface area contributed by atoms with Crippen LogP contribution in [-0.2, 0) is 4.74 Å². The third kappa shape index (κ3) is 4.96. The van der Waals surface area contributed by atoms with E-state index in [1.165, 1.54) is 33.4 Å². The van der Waals surface area contributed by atoms with Gasteiger partial charge in [0, 0.05) is 18.8 Å². The third-order valence-corrected chi connectivity index (χ3v) is 5.91. The predicted octanol–water partition coefficient (Wildman–Crippen LogP) is 6.11. The van der Waals surface area contributed by atoms with Crippen LogP contribution in [0.1, 0.15) is 55.9 Å². The number of alkyl carbamates (subject to hydrolysis) is 1. The molecule has 166 valence electrons. The molecule has 1 aliphatic carbocycles. The van der Waals surface area contributed by atoms with Crippen molar-refractivity contribution >= 4 is 23.8 Å². The summed E-state index contributed by atoms with van der Waals surface area (Å²) in [6.07, 6.45) is 5.99. The normalized spacial score (nSPS) is 15.5. The van der Waals surface area contributed by atoms with Crippen molar-refractivity contribution in [3.8, 4) is 0 Å². The molecule has 2 aromatic rings. The minimum Gasteiger partial charge on any atom is -0.444 e. The van der Waals surface area contributed by atoms with E-state index in [2.05, 4.69) is 77.5 Å². The maximum Gasteiger partial charge on any atom is 0.407 e. The van der Waals surface area contributed by atoms with E-state index in [4.69, 9.17) is 4.74 Å². The van der Waals surface area contributed by atoms with E-state index in [1.54, 1.807) is 0 Å². The molecular weight excluding hydrogens is 396 g/mol. The summed E-state index contributed by atoms with van der Waals surface area (Å²) >= 11 is 0. The number of nitrogens with zero attached hydrogens (tertiary/aromatic N) is 1. The first-order valence-electron chi connectivity index (χ1n) is 11.3. The monoisotopic (exact) mass is 428 g/mol. The average Bonchev–Trinajstić information content (AvgIpc) is 2.93. The first kappa shape index (κ1) is 21.9. The fourth-order valence-electron chi connectivity index (χ4n) is 4.39. The summed E-state index contributed by atoms with van der Waals surface area (Å²) in [5, 5.41) is 2.82. The van der Waals surface area contributed by atoms with Crippen molar-refractivity contribution in [3.63, 3.8) is 0 Å². The second-order valence-electron chi connectivity index (χ2n) is 9.40. The van der Waals surface area contributed by atoms with Crippen LogP contribution in [0.25, 0.3) is 17.7 Å². The van der Waals surface area contributed by atoms with Crippen LogP contribution >= 0.6 is 0 Å². The fraction of sp³-hybridized carbons (Fsp3) is 0.321. The van der Waals surface area contributed by atoms with Gasteiger partial charge in [-0.2, -0.15) is 0 Å². The number of amides is 1. The number of piperidine rings is 1. The standard InChI is InChI=1S/C28H32N2O2/c1-20(19-29-27(31)32-28(2,3)4)30-17-15-23(16-18-30)26-24-11-7-5-9-21(24)13-14-22-10-6-8-12-25(22)26/h5-14H,1,15-19H2,2-4H3,(H,29,31). The van der Waals surface area contributed by atoms with Gasteiger partial charge in [-0.15, -0.1) is 0 Å². The van der Waals surface area contributed by atoms with Crippen molar-refractivity contribution in [1.82, 2.24) is 10.2 Å². The van der Waals surface area contributed by atoms with Crippen LogP contribution in [0, 0.1) is 0 Å². The van der Waals surface area contributed by atoms with Crippen LogP contribution in [0.15, 0.2) is 66.4 Å². The highest BCUT2D eigenvalue weighted by molar-refractivity contribution is 5.94. The van der Waals surface area contributed by atoms with Crippen molar-refractivity contribution in [1.29, 1.82) is 0 Å². The quantitative estimate of drug-likeness (QED) is 0.547. The predicted molar refractivity (Wildman–Crippen MR) is 132 cm³/mol. The van der Waals surface area contributed by atoms with Gasteiger partial charge in [-0.05, 0) is 61.4 Å². The van der Waals surface area contributed by atoms with Crippen LogP contribution in [-0.4, -0.2) is 36.2 Å². The highest BCUT2D eigenvalue weighted by Gasteiger charge is 2.23. The molecule has 0 atom stereocenters. The van der Waals surface area contributed by atoms with Crippen LogP contribution in [0.4, 0.5) is 4.79 Å². The van der Waals surface area contributed by atoms with Crippen LogP contribution in [0.2, 0.25) is 0 Å². The van der Waals surface area contributed by atoms with E-state index >= 15 is 0 Å². The molecule has 1 amide bonds. The van der Waals surface area contributed by atoms with Crippen molar-refractivity contribution in [2.75, 3.05) is 19.6 Å². The molecule has 4 nitrogen and oxygen atoms in total. The maximum absolute atomic E-state index is 12.0. The molecule has 1 saturated heterocycles. The minimum absolute atomic E-state index is 0.399. The first-order chi connectivity index (χ1) is 15.3. The zero-order chi connectivity index (χ0) is 22.7. The number of ether oxygens (including phenoxy) is 1. The lowest BCUT2D eigenvalue weighted by Crippen LogP contribution is -2.38. The summed E-state index contributed by atoms with van der Waals surface area (Å²) in [6.45, 7) is 12.0. The second kappa shape index (κ2) is 9.07. The Balaban J connectivity index is 1.50. The minimum atomic E-state index is -0.502. The summed E-state index contributed by atoms with van der Waals surface area (Å²) in [4.78, 5) is 14.2. The lowest BCUT2D eigenvalue weighted by molar-refractivity contribution is 0.0528. The maximum atomic E-state index is 12.0. The molecule has 1 heterocycles. The van der Waals surface area contributed by atoms with Crippen LogP contribution in [0.5, 0.6) is 0 Å². The zero-order valence-electron chi connectivity index (χ0n) is 19.3. The van der Waals surface area contributed by atoms with Gasteiger partial charge in [-0.1, -0.05) is 72.8 Å². The lowest BCUT2D eigenvalue weighted by Gasteiger charge is -2.33. The number of likely N-dealkylation sites (tertiary alicyclic amines) is 1. The Bertz CT molecular complexity index is 1030. The Morgan fingerprint density at radius 3 is 2.03 bits per heavy atom. The van der Waals surface area contributed by atoms with Crippen molar-refractivity contribution < 1.29 is 9.53 Å². The largest absolute Gasteiger partial charge is 0.444 e. The molecule has 0 unspecified atom stereocenters. The van der Waals surface area contributed by atoms with E-state index in [-0.39, 0.29) is 0 Å². The Hall–Kier alpha value is -3.27. The molecule has 0 radical (unpaired) electrons. The number of hydrogen-bond acceptors (Lipinski definition) is 3. The first-order valence-corrected chi connectivity index (χ1v) is 11.3. The number of carbonyl (C=O) groups is 1. The molecule has 2 aliphatic rings. The Morgan fingerprint density at radius 1 is 0.969 bits per heavy atom. The molecule has 4 rings (SSSR count). The van der Waals surface area contributed by atoms with Gasteiger partial charge in [0.05, 0.1) is 6.54 Å². The smallest absolute Gasteiger partial charge is 0.407 e. The van der Waals surface area contributed by atoms with Gasteiger partial charge in [0.1, 0.15) is 5.60 Å². The van der Waals surface area contributed by atoms with E-state index in [9.17, 15) is 4.79 Å². The molecule has 0 bridgehead atoms. The van der Waals surface area contributed by atoms with Crippen molar-refractivity contribution in [2.24, 2.45) is 0 Å². The number of benzene rings is 2. The van der Waals surface area contributed by atoms with Gasteiger partial charge < -0.3 is 15.0 Å². The number of carbonyl (C=O) groups excluding carboxylic acids is 1. The van der Waals surface area contributed by atoms with Gasteiger partial charge in [0.2, 0.25) is 0 Å². The summed E-state index contributed by atoms with van der Waals surface area (Å²) < 4.78 is 5.33. The van der Waals surface area contributed by atoms with E-state index in [0.717, 1.165) is 31.6 Å². The molecule has 0 spiro atoms. The van der Waals surface area contributed by atoms with Gasteiger partial charge >= 0.3 is 6.09 Å². The lowest BCUT2D eigenvalue weighted by atomic mass is 9.86. The summed E-state index contributed by atoms with van der Waals surface area (Å²) in [5.41, 5.74) is 8.42. The topological polar surface area (TPSA) is 41.6 Å². The Kier molecular flexibility index (Phi) is 6.22. The van der Waals surface area contributed by atoms with Gasteiger partial charge in [0.25, 0.3) is 0 Å². The van der Waals surface area contributed by atoms with Crippen LogP contribution in [0.3, 0.4) is 0 Å². The fourth-order valence-corrected chi connectivity index (χ4v) is 4.39. The molecule has 0 saturated carbocycles. The SMILES string of the molecule is C=C(CNC(=O)OC(C)(C)C)N1CCC(=C2c3ccccc3C=Cc3ccccc32)CC1. The molecule has 1 aliphatic heterocycles. The Morgan fingerprint density at radius 2 is 1.50 bits per heavy atom. The van der Waals surface area contributed by atoms with Gasteiger partial charge in [-0.25, -0.2) is 4.79 Å². The number of hydrogen-bond donors (Lipinski definition) is 1. The van der Waals surface area contributed by atoms with Gasteiger partial charge in [0.15, 0.2) is 0 Å². The molecule has 32 heavy (non-hydrogen) atoms. The number of nitrogens with one attached hydrogen (secondary N) is 1. The molecule has 4 heteroatoms. The summed E-state index contributed by atoms with van der Waals surface area (Å²) in [6, 6.07) is 17.3. The molecule has 2 aromatic carbocycles. The van der Waals surface area contributed by atoms with Gasteiger partial charge in [-0.3, -0.25) is 0 Å². The number of rotatable bonds is 3. The van der Waals surface area contributed by atoms with E-state index < -0.39 is 11.7 Å². The van der Waals surface area contributed by atoms with E-state index in [0.29, 0.717) is 6.54 Å². The zero-order valence-corrected chi connectivity index (χ0v) is 19.3. The molecule has 1 fully saturated rings. The average molecular weight is 429 g/mol. The summed E-state index contributed by atoms with van der Waals surface area (Å²) in [7, 11) is 0. The Labute approximate surface area is 191 Å².